The summed E-state index contributed by atoms with van der Waals surface area (Å²) >= 11 is 0. The SMILES string of the molecule is Cc1cnccc1NC(C)C(C)N. The largest absolute Gasteiger partial charge is 0.381 e. The number of rotatable bonds is 3. The van der Waals surface area contributed by atoms with Gasteiger partial charge in [-0.15, -0.1) is 0 Å². The maximum absolute atomic E-state index is 5.76. The van der Waals surface area contributed by atoms with Crippen LogP contribution in [0.15, 0.2) is 18.5 Å². The fourth-order valence-electron chi connectivity index (χ4n) is 1.01. The summed E-state index contributed by atoms with van der Waals surface area (Å²) in [4.78, 5) is 4.03. The summed E-state index contributed by atoms with van der Waals surface area (Å²) in [6.45, 7) is 6.10. The molecule has 0 aliphatic rings. The summed E-state index contributed by atoms with van der Waals surface area (Å²) in [6.07, 6.45) is 3.62. The number of pyridine rings is 1. The summed E-state index contributed by atoms with van der Waals surface area (Å²) in [5, 5.41) is 3.34. The quantitative estimate of drug-likeness (QED) is 0.740. The molecule has 3 heteroatoms. The minimum atomic E-state index is 0.146. The molecule has 72 valence electrons. The molecule has 0 fully saturated rings. The lowest BCUT2D eigenvalue weighted by Crippen LogP contribution is -2.35. The Balaban J connectivity index is 2.69. The predicted octanol–water partition coefficient (Wildman–Crippen LogP) is 1.54. The summed E-state index contributed by atoms with van der Waals surface area (Å²) in [7, 11) is 0. The Kier molecular flexibility index (Phi) is 3.25. The van der Waals surface area contributed by atoms with E-state index in [0.29, 0.717) is 0 Å². The fraction of sp³-hybridized carbons (Fsp3) is 0.500. The molecule has 0 bridgehead atoms. The normalized spacial score (nSPS) is 15.1. The van der Waals surface area contributed by atoms with Crippen LogP contribution in [0.25, 0.3) is 0 Å². The number of aromatic nitrogens is 1. The van der Waals surface area contributed by atoms with Crippen LogP contribution >= 0.6 is 0 Å². The first-order valence-electron chi connectivity index (χ1n) is 4.54. The van der Waals surface area contributed by atoms with Gasteiger partial charge in [0.15, 0.2) is 0 Å². The van der Waals surface area contributed by atoms with Crippen LogP contribution < -0.4 is 11.1 Å². The summed E-state index contributed by atoms with van der Waals surface area (Å²) in [6, 6.07) is 2.39. The van der Waals surface area contributed by atoms with Gasteiger partial charge < -0.3 is 11.1 Å². The van der Waals surface area contributed by atoms with Gasteiger partial charge in [0.1, 0.15) is 0 Å². The van der Waals surface area contributed by atoms with Gasteiger partial charge in [0.05, 0.1) is 0 Å². The van der Waals surface area contributed by atoms with Crippen molar-refractivity contribution >= 4 is 5.69 Å². The van der Waals surface area contributed by atoms with E-state index in [2.05, 4.69) is 17.2 Å². The Morgan fingerprint density at radius 1 is 1.46 bits per heavy atom. The molecule has 2 atom stereocenters. The molecule has 1 rings (SSSR count). The highest BCUT2D eigenvalue weighted by atomic mass is 15.0. The van der Waals surface area contributed by atoms with E-state index in [4.69, 9.17) is 5.73 Å². The smallest absolute Gasteiger partial charge is 0.0403 e. The molecule has 0 saturated carbocycles. The number of anilines is 1. The van der Waals surface area contributed by atoms with Gasteiger partial charge >= 0.3 is 0 Å². The standard InChI is InChI=1S/C10H17N3/c1-7-6-12-5-4-10(7)13-9(3)8(2)11/h4-6,8-9H,11H2,1-3H3,(H,12,13). The third-order valence-electron chi connectivity index (χ3n) is 2.19. The van der Waals surface area contributed by atoms with Crippen LogP contribution in [0.1, 0.15) is 19.4 Å². The van der Waals surface area contributed by atoms with E-state index in [1.165, 1.54) is 0 Å². The molecule has 0 aliphatic heterocycles. The molecule has 0 aliphatic carbocycles. The van der Waals surface area contributed by atoms with Gasteiger partial charge in [0.2, 0.25) is 0 Å². The van der Waals surface area contributed by atoms with Gasteiger partial charge in [0, 0.05) is 30.2 Å². The van der Waals surface area contributed by atoms with E-state index < -0.39 is 0 Å². The zero-order chi connectivity index (χ0) is 9.84. The number of nitrogens with two attached hydrogens (primary N) is 1. The van der Waals surface area contributed by atoms with Gasteiger partial charge in [0.25, 0.3) is 0 Å². The van der Waals surface area contributed by atoms with Gasteiger partial charge in [-0.3, -0.25) is 4.98 Å². The summed E-state index contributed by atoms with van der Waals surface area (Å²) < 4.78 is 0. The highest BCUT2D eigenvalue weighted by Crippen LogP contribution is 2.13. The first kappa shape index (κ1) is 9.99. The van der Waals surface area contributed by atoms with Crippen LogP contribution in [0.5, 0.6) is 0 Å². The van der Waals surface area contributed by atoms with E-state index in [-0.39, 0.29) is 12.1 Å². The maximum atomic E-state index is 5.76. The molecule has 0 saturated heterocycles. The fourth-order valence-corrected chi connectivity index (χ4v) is 1.01. The molecule has 3 N–H and O–H groups in total. The van der Waals surface area contributed by atoms with E-state index in [0.717, 1.165) is 11.3 Å². The first-order chi connectivity index (χ1) is 6.11. The molecule has 0 spiro atoms. The second kappa shape index (κ2) is 4.23. The highest BCUT2D eigenvalue weighted by molar-refractivity contribution is 5.49. The Labute approximate surface area is 79.4 Å². The van der Waals surface area contributed by atoms with Crippen molar-refractivity contribution in [1.29, 1.82) is 0 Å². The van der Waals surface area contributed by atoms with Crippen molar-refractivity contribution in [1.82, 2.24) is 4.98 Å². The Morgan fingerprint density at radius 3 is 2.69 bits per heavy atom. The molecule has 1 aromatic rings. The zero-order valence-electron chi connectivity index (χ0n) is 8.41. The number of nitrogens with zero attached hydrogens (tertiary/aromatic N) is 1. The van der Waals surface area contributed by atoms with Crippen molar-refractivity contribution in [3.05, 3.63) is 24.0 Å². The second-order valence-electron chi connectivity index (χ2n) is 3.48. The summed E-state index contributed by atoms with van der Waals surface area (Å²) in [5.74, 6) is 0. The van der Waals surface area contributed by atoms with Crippen LogP contribution in [0, 0.1) is 6.92 Å². The van der Waals surface area contributed by atoms with Crippen LogP contribution in [-0.2, 0) is 0 Å². The van der Waals surface area contributed by atoms with E-state index in [1.54, 1.807) is 6.20 Å². The molecule has 0 amide bonds. The van der Waals surface area contributed by atoms with Crippen LogP contribution in [0.3, 0.4) is 0 Å². The van der Waals surface area contributed by atoms with E-state index in [9.17, 15) is 0 Å². The molecule has 13 heavy (non-hydrogen) atoms. The van der Waals surface area contributed by atoms with Gasteiger partial charge in [-0.25, -0.2) is 0 Å². The third kappa shape index (κ3) is 2.70. The van der Waals surface area contributed by atoms with Crippen LogP contribution in [-0.4, -0.2) is 17.1 Å². The maximum Gasteiger partial charge on any atom is 0.0403 e. The molecule has 2 unspecified atom stereocenters. The molecule has 3 nitrogen and oxygen atoms in total. The monoisotopic (exact) mass is 179 g/mol. The van der Waals surface area contributed by atoms with E-state index in [1.807, 2.05) is 26.1 Å². The van der Waals surface area contributed by atoms with Crippen LogP contribution in [0.2, 0.25) is 0 Å². The van der Waals surface area contributed by atoms with Crippen molar-refractivity contribution < 1.29 is 0 Å². The average Bonchev–Trinajstić information content (AvgIpc) is 2.08. The molecule has 1 heterocycles. The predicted molar refractivity (Wildman–Crippen MR) is 55.7 cm³/mol. The number of aryl methyl sites for hydroxylation is 1. The van der Waals surface area contributed by atoms with Crippen molar-refractivity contribution in [2.75, 3.05) is 5.32 Å². The van der Waals surface area contributed by atoms with Crippen molar-refractivity contribution in [3.63, 3.8) is 0 Å². The molecule has 1 aromatic heterocycles. The lowest BCUT2D eigenvalue weighted by molar-refractivity contribution is 0.638. The molecule has 0 radical (unpaired) electrons. The Morgan fingerprint density at radius 2 is 2.15 bits per heavy atom. The van der Waals surface area contributed by atoms with Gasteiger partial charge in [-0.05, 0) is 32.4 Å². The lowest BCUT2D eigenvalue weighted by Gasteiger charge is -2.19. The van der Waals surface area contributed by atoms with Gasteiger partial charge in [-0.2, -0.15) is 0 Å². The number of hydrogen-bond acceptors (Lipinski definition) is 3. The third-order valence-corrected chi connectivity index (χ3v) is 2.19. The molecular formula is C10H17N3. The minimum absolute atomic E-state index is 0.146. The molecule has 0 aromatic carbocycles. The van der Waals surface area contributed by atoms with Crippen LogP contribution in [0.4, 0.5) is 5.69 Å². The van der Waals surface area contributed by atoms with Crippen molar-refractivity contribution in [2.45, 2.75) is 32.9 Å². The average molecular weight is 179 g/mol. The topological polar surface area (TPSA) is 50.9 Å². The second-order valence-corrected chi connectivity index (χ2v) is 3.48. The Bertz CT molecular complexity index is 271. The zero-order valence-corrected chi connectivity index (χ0v) is 8.41. The minimum Gasteiger partial charge on any atom is -0.381 e. The van der Waals surface area contributed by atoms with Crippen molar-refractivity contribution in [2.24, 2.45) is 5.73 Å². The number of nitrogens with one attached hydrogen (secondary N) is 1. The summed E-state index contributed by atoms with van der Waals surface area (Å²) in [5.41, 5.74) is 8.01. The van der Waals surface area contributed by atoms with E-state index >= 15 is 0 Å². The lowest BCUT2D eigenvalue weighted by atomic mass is 10.1. The van der Waals surface area contributed by atoms with Crippen molar-refractivity contribution in [3.8, 4) is 0 Å². The first-order valence-corrected chi connectivity index (χ1v) is 4.54. The molecular weight excluding hydrogens is 162 g/mol. The number of hydrogen-bond donors (Lipinski definition) is 2. The Hall–Kier alpha value is -1.09. The highest BCUT2D eigenvalue weighted by Gasteiger charge is 2.07. The van der Waals surface area contributed by atoms with Gasteiger partial charge in [-0.1, -0.05) is 0 Å².